The average molecular weight is 184 g/mol. The van der Waals surface area contributed by atoms with Crippen LogP contribution in [0, 0.1) is 11.3 Å². The summed E-state index contributed by atoms with van der Waals surface area (Å²) in [7, 11) is 0. The van der Waals surface area contributed by atoms with Crippen molar-refractivity contribution < 1.29 is 9.53 Å². The second kappa shape index (κ2) is 5.05. The number of hydrogen-bond donors (Lipinski definition) is 0. The Morgan fingerprint density at radius 2 is 2.08 bits per heavy atom. The lowest BCUT2D eigenvalue weighted by molar-refractivity contribution is -0.138. The van der Waals surface area contributed by atoms with Crippen LogP contribution in [0.5, 0.6) is 0 Å². The van der Waals surface area contributed by atoms with Gasteiger partial charge < -0.3 is 4.74 Å². The second-order valence-corrected chi connectivity index (χ2v) is 4.26. The van der Waals surface area contributed by atoms with E-state index in [1.54, 1.807) is 0 Å². The van der Waals surface area contributed by atoms with Gasteiger partial charge in [0.1, 0.15) is 0 Å². The van der Waals surface area contributed by atoms with Gasteiger partial charge in [0.05, 0.1) is 6.61 Å². The highest BCUT2D eigenvalue weighted by Gasteiger charge is 2.22. The maximum atomic E-state index is 10.7. The Bertz CT molecular complexity index is 181. The first-order valence-electron chi connectivity index (χ1n) is 4.69. The summed E-state index contributed by atoms with van der Waals surface area (Å²) in [5, 5.41) is 0. The van der Waals surface area contributed by atoms with Crippen LogP contribution < -0.4 is 0 Å². The zero-order valence-corrected chi connectivity index (χ0v) is 9.09. The summed E-state index contributed by atoms with van der Waals surface area (Å²) in [5.74, 6) is 0.259. The Kier molecular flexibility index (Phi) is 4.74. The van der Waals surface area contributed by atoms with Gasteiger partial charge in [-0.2, -0.15) is 0 Å². The molecular weight excluding hydrogens is 164 g/mol. The number of carbonyl (C=O) groups excluding carboxylic acids is 1. The van der Waals surface area contributed by atoms with Crippen molar-refractivity contribution in [1.82, 2.24) is 0 Å². The van der Waals surface area contributed by atoms with E-state index >= 15 is 0 Å². The van der Waals surface area contributed by atoms with Crippen LogP contribution in [0.1, 0.15) is 34.1 Å². The maximum Gasteiger partial charge on any atom is 0.330 e. The average Bonchev–Trinajstić information content (AvgIpc) is 2.03. The van der Waals surface area contributed by atoms with Crippen LogP contribution in [0.3, 0.4) is 0 Å². The van der Waals surface area contributed by atoms with Crippen LogP contribution >= 0.6 is 0 Å². The van der Waals surface area contributed by atoms with Crippen molar-refractivity contribution in [3.8, 4) is 0 Å². The summed E-state index contributed by atoms with van der Waals surface area (Å²) >= 11 is 0. The SMILES string of the molecule is C=CC(=O)OCCC(C)(C)C(C)C. The zero-order chi connectivity index (χ0) is 10.5. The van der Waals surface area contributed by atoms with Crippen molar-refractivity contribution >= 4 is 5.97 Å². The minimum Gasteiger partial charge on any atom is -0.463 e. The Morgan fingerprint density at radius 1 is 1.54 bits per heavy atom. The zero-order valence-electron chi connectivity index (χ0n) is 9.09. The Morgan fingerprint density at radius 3 is 2.46 bits per heavy atom. The summed E-state index contributed by atoms with van der Waals surface area (Å²) in [6.45, 7) is 12.5. The third-order valence-corrected chi connectivity index (χ3v) is 2.72. The first-order chi connectivity index (χ1) is 5.90. The predicted octanol–water partition coefficient (Wildman–Crippen LogP) is 2.79. The topological polar surface area (TPSA) is 26.3 Å². The summed E-state index contributed by atoms with van der Waals surface area (Å²) in [4.78, 5) is 10.7. The molecule has 0 rings (SSSR count). The molecule has 0 aliphatic rings. The van der Waals surface area contributed by atoms with Crippen molar-refractivity contribution in [2.45, 2.75) is 34.1 Å². The van der Waals surface area contributed by atoms with Crippen LogP contribution in [0.4, 0.5) is 0 Å². The lowest BCUT2D eigenvalue weighted by atomic mass is 9.79. The van der Waals surface area contributed by atoms with Gasteiger partial charge in [-0.15, -0.1) is 0 Å². The fourth-order valence-electron chi connectivity index (χ4n) is 0.762. The summed E-state index contributed by atoms with van der Waals surface area (Å²) in [6, 6.07) is 0. The molecule has 0 bridgehead atoms. The van der Waals surface area contributed by atoms with E-state index in [-0.39, 0.29) is 11.4 Å². The number of rotatable bonds is 5. The molecule has 0 atom stereocenters. The molecular formula is C11H20O2. The molecule has 0 fully saturated rings. The summed E-state index contributed by atoms with van der Waals surface area (Å²) < 4.78 is 4.92. The number of ether oxygens (including phenoxy) is 1. The van der Waals surface area contributed by atoms with Crippen molar-refractivity contribution in [3.05, 3.63) is 12.7 Å². The molecule has 0 saturated heterocycles. The fourth-order valence-corrected chi connectivity index (χ4v) is 0.762. The van der Waals surface area contributed by atoms with E-state index in [0.29, 0.717) is 12.5 Å². The highest BCUT2D eigenvalue weighted by molar-refractivity contribution is 5.81. The van der Waals surface area contributed by atoms with E-state index in [2.05, 4.69) is 34.3 Å². The Balaban J connectivity index is 3.76. The van der Waals surface area contributed by atoms with Crippen molar-refractivity contribution in [2.24, 2.45) is 11.3 Å². The maximum absolute atomic E-state index is 10.7. The van der Waals surface area contributed by atoms with Gasteiger partial charge in [-0.05, 0) is 17.8 Å². The van der Waals surface area contributed by atoms with Gasteiger partial charge in [0.2, 0.25) is 0 Å². The van der Waals surface area contributed by atoms with Gasteiger partial charge >= 0.3 is 5.97 Å². The monoisotopic (exact) mass is 184 g/mol. The van der Waals surface area contributed by atoms with Gasteiger partial charge in [-0.25, -0.2) is 4.79 Å². The van der Waals surface area contributed by atoms with Crippen LogP contribution in [-0.4, -0.2) is 12.6 Å². The number of carbonyl (C=O) groups is 1. The molecule has 0 N–H and O–H groups in total. The molecule has 0 saturated carbocycles. The van der Waals surface area contributed by atoms with Gasteiger partial charge in [0, 0.05) is 6.08 Å². The Labute approximate surface area is 81.0 Å². The van der Waals surface area contributed by atoms with Gasteiger partial charge in [-0.3, -0.25) is 0 Å². The third kappa shape index (κ3) is 4.71. The van der Waals surface area contributed by atoms with Crippen LogP contribution in [0.25, 0.3) is 0 Å². The standard InChI is InChI=1S/C11H20O2/c1-6-10(12)13-8-7-11(4,5)9(2)3/h6,9H,1,7-8H2,2-5H3. The number of esters is 1. The molecule has 0 heterocycles. The molecule has 0 spiro atoms. The van der Waals surface area contributed by atoms with E-state index in [1.807, 2.05) is 0 Å². The van der Waals surface area contributed by atoms with Gasteiger partial charge in [0.15, 0.2) is 0 Å². The lowest BCUT2D eigenvalue weighted by Gasteiger charge is -2.28. The first-order valence-corrected chi connectivity index (χ1v) is 4.69. The molecule has 0 radical (unpaired) electrons. The molecule has 2 nitrogen and oxygen atoms in total. The molecule has 0 aliphatic carbocycles. The van der Waals surface area contributed by atoms with E-state index in [9.17, 15) is 4.79 Å². The molecule has 13 heavy (non-hydrogen) atoms. The van der Waals surface area contributed by atoms with Crippen LogP contribution in [0.2, 0.25) is 0 Å². The molecule has 2 heteroatoms. The summed E-state index contributed by atoms with van der Waals surface area (Å²) in [5.41, 5.74) is 0.224. The molecule has 0 aromatic rings. The smallest absolute Gasteiger partial charge is 0.330 e. The molecule has 0 unspecified atom stereocenters. The van der Waals surface area contributed by atoms with Gasteiger partial charge in [-0.1, -0.05) is 34.3 Å². The first kappa shape index (κ1) is 12.2. The fraction of sp³-hybridized carbons (Fsp3) is 0.727. The molecule has 0 aromatic carbocycles. The van der Waals surface area contributed by atoms with E-state index in [4.69, 9.17) is 4.74 Å². The van der Waals surface area contributed by atoms with E-state index in [0.717, 1.165) is 6.42 Å². The van der Waals surface area contributed by atoms with Crippen molar-refractivity contribution in [2.75, 3.05) is 6.61 Å². The second-order valence-electron chi connectivity index (χ2n) is 4.26. The quantitative estimate of drug-likeness (QED) is 0.485. The minimum absolute atomic E-state index is 0.224. The molecule has 76 valence electrons. The third-order valence-electron chi connectivity index (χ3n) is 2.72. The largest absolute Gasteiger partial charge is 0.463 e. The highest BCUT2D eigenvalue weighted by Crippen LogP contribution is 2.29. The van der Waals surface area contributed by atoms with Gasteiger partial charge in [0.25, 0.3) is 0 Å². The minimum atomic E-state index is -0.334. The lowest BCUT2D eigenvalue weighted by Crippen LogP contribution is -2.21. The van der Waals surface area contributed by atoms with Crippen LogP contribution in [0.15, 0.2) is 12.7 Å². The van der Waals surface area contributed by atoms with E-state index < -0.39 is 0 Å². The Hall–Kier alpha value is -0.790. The molecule has 0 aromatic heterocycles. The highest BCUT2D eigenvalue weighted by atomic mass is 16.5. The number of hydrogen-bond acceptors (Lipinski definition) is 2. The van der Waals surface area contributed by atoms with E-state index in [1.165, 1.54) is 6.08 Å². The normalized spacial score (nSPS) is 11.5. The van der Waals surface area contributed by atoms with Crippen LogP contribution in [-0.2, 0) is 9.53 Å². The summed E-state index contributed by atoms with van der Waals surface area (Å²) in [6.07, 6.45) is 2.09. The van der Waals surface area contributed by atoms with Crippen molar-refractivity contribution in [1.29, 1.82) is 0 Å². The molecule has 0 aliphatic heterocycles. The van der Waals surface area contributed by atoms with Crippen molar-refractivity contribution in [3.63, 3.8) is 0 Å². The predicted molar refractivity (Wildman–Crippen MR) is 54.4 cm³/mol. The molecule has 0 amide bonds.